The van der Waals surface area contributed by atoms with Crippen LogP contribution in [0.3, 0.4) is 0 Å². The van der Waals surface area contributed by atoms with E-state index in [4.69, 9.17) is 27.9 Å². The van der Waals surface area contributed by atoms with Gasteiger partial charge in [0.1, 0.15) is 11.8 Å². The van der Waals surface area contributed by atoms with E-state index < -0.39 is 0 Å². The molecule has 0 radical (unpaired) electrons. The summed E-state index contributed by atoms with van der Waals surface area (Å²) in [4.78, 5) is 15.5. The van der Waals surface area contributed by atoms with Gasteiger partial charge in [0, 0.05) is 31.7 Å². The molecule has 7 heteroatoms. The van der Waals surface area contributed by atoms with Crippen molar-refractivity contribution in [2.45, 2.75) is 12.3 Å². The van der Waals surface area contributed by atoms with Gasteiger partial charge in [-0.1, -0.05) is 71.7 Å². The number of fused-ring (bicyclic) bond motifs is 1. The number of nitrogens with one attached hydrogen (secondary N) is 1. The molecule has 4 aromatic carbocycles. The Labute approximate surface area is 227 Å². The fraction of sp³-hybridized carbons (Fsp3) is 0.200. The first kappa shape index (κ1) is 26.3. The van der Waals surface area contributed by atoms with E-state index in [2.05, 4.69) is 11.4 Å². The zero-order valence-corrected chi connectivity index (χ0v) is 22.2. The van der Waals surface area contributed by atoms with Crippen molar-refractivity contribution in [1.82, 2.24) is 4.90 Å². The number of benzene rings is 4. The van der Waals surface area contributed by atoms with Crippen molar-refractivity contribution in [1.29, 1.82) is 5.26 Å². The number of hydrogen-bond acceptors (Lipinski definition) is 4. The van der Waals surface area contributed by atoms with Crippen molar-refractivity contribution >= 4 is 45.6 Å². The number of nitrogens with zero attached hydrogens (tertiary/aromatic N) is 2. The lowest BCUT2D eigenvalue weighted by atomic mass is 9.94. The minimum atomic E-state index is -0.216. The maximum absolute atomic E-state index is 13.9. The van der Waals surface area contributed by atoms with Gasteiger partial charge < -0.3 is 15.0 Å². The lowest BCUT2D eigenvalue weighted by Gasteiger charge is -2.26. The highest BCUT2D eigenvalue weighted by molar-refractivity contribution is 6.42. The third-order valence-corrected chi connectivity index (χ3v) is 7.13. The highest BCUT2D eigenvalue weighted by Gasteiger charge is 2.25. The molecule has 0 aromatic heterocycles. The monoisotopic (exact) mass is 531 g/mol. The Balaban J connectivity index is 1.64. The normalized spacial score (nSPS) is 11.5. The van der Waals surface area contributed by atoms with E-state index in [-0.39, 0.29) is 17.6 Å². The van der Waals surface area contributed by atoms with Crippen molar-refractivity contribution in [3.05, 3.63) is 106 Å². The summed E-state index contributed by atoms with van der Waals surface area (Å²) in [5, 5.41) is 15.7. The maximum Gasteiger partial charge on any atom is 0.258 e. The molecule has 0 fully saturated rings. The number of carbonyl (C=O) groups is 1. The third kappa shape index (κ3) is 5.99. The average Bonchev–Trinajstić information content (AvgIpc) is 2.92. The molecule has 188 valence electrons. The molecule has 0 aliphatic carbocycles. The van der Waals surface area contributed by atoms with E-state index in [1.54, 1.807) is 24.1 Å². The predicted molar refractivity (Wildman–Crippen MR) is 151 cm³/mol. The minimum Gasteiger partial charge on any atom is -0.495 e. The van der Waals surface area contributed by atoms with Crippen LogP contribution in [0.1, 0.15) is 33.8 Å². The number of para-hydroxylation sites is 1. The van der Waals surface area contributed by atoms with Crippen LogP contribution in [-0.4, -0.2) is 38.1 Å². The van der Waals surface area contributed by atoms with Crippen LogP contribution in [0.15, 0.2) is 78.9 Å². The molecule has 0 bridgehead atoms. The van der Waals surface area contributed by atoms with Gasteiger partial charge in [-0.25, -0.2) is 0 Å². The van der Waals surface area contributed by atoms with E-state index >= 15 is 0 Å². The number of halogens is 2. The van der Waals surface area contributed by atoms with Crippen LogP contribution in [0, 0.1) is 11.3 Å². The molecule has 4 aromatic rings. The van der Waals surface area contributed by atoms with Crippen LogP contribution in [0.25, 0.3) is 10.8 Å². The van der Waals surface area contributed by atoms with Gasteiger partial charge in [0.15, 0.2) is 0 Å². The lowest BCUT2D eigenvalue weighted by Crippen LogP contribution is -2.32. The largest absolute Gasteiger partial charge is 0.495 e. The van der Waals surface area contributed by atoms with Crippen LogP contribution in [-0.2, 0) is 0 Å². The molecule has 0 saturated heterocycles. The first-order valence-electron chi connectivity index (χ1n) is 11.9. The van der Waals surface area contributed by atoms with Crippen LogP contribution < -0.4 is 10.1 Å². The first-order valence-corrected chi connectivity index (χ1v) is 12.7. The summed E-state index contributed by atoms with van der Waals surface area (Å²) >= 11 is 12.5. The molecule has 4 rings (SSSR count). The number of anilines is 1. The van der Waals surface area contributed by atoms with Crippen molar-refractivity contribution in [3.8, 4) is 11.8 Å². The number of ether oxygens (including phenoxy) is 1. The van der Waals surface area contributed by atoms with Crippen molar-refractivity contribution in [2.75, 3.05) is 32.6 Å². The van der Waals surface area contributed by atoms with Crippen LogP contribution in [0.4, 0.5) is 5.69 Å². The van der Waals surface area contributed by atoms with Gasteiger partial charge in [0.2, 0.25) is 0 Å². The second kappa shape index (κ2) is 12.0. The fourth-order valence-electron chi connectivity index (χ4n) is 4.52. The van der Waals surface area contributed by atoms with Gasteiger partial charge in [-0.2, -0.15) is 5.26 Å². The number of rotatable bonds is 9. The standard InChI is InChI=1S/C30H27Cl2N3O2/c1-35(30(36)28-25-11-7-6-8-21(25)16-23(18-33)29(28)37-2)19-22(20-12-13-26(31)27(32)17-20)14-15-34-24-9-4-3-5-10-24/h3-13,16-17,22,34H,14-15,19H2,1-2H3/t22-/m1/s1. The smallest absolute Gasteiger partial charge is 0.258 e. The molecule has 1 N–H and O–H groups in total. The zero-order chi connectivity index (χ0) is 26.4. The Kier molecular flexibility index (Phi) is 8.55. The highest BCUT2D eigenvalue weighted by Crippen LogP contribution is 2.34. The van der Waals surface area contributed by atoms with Gasteiger partial charge in [0.25, 0.3) is 5.91 Å². The first-order chi connectivity index (χ1) is 17.9. The summed E-state index contributed by atoms with van der Waals surface area (Å²) in [5.74, 6) is 0.0532. The Morgan fingerprint density at radius 2 is 1.76 bits per heavy atom. The molecule has 0 spiro atoms. The summed E-state index contributed by atoms with van der Waals surface area (Å²) in [6, 6.07) is 27.0. The summed E-state index contributed by atoms with van der Waals surface area (Å²) in [5.41, 5.74) is 2.73. The fourth-order valence-corrected chi connectivity index (χ4v) is 4.82. The maximum atomic E-state index is 13.9. The number of nitriles is 1. The lowest BCUT2D eigenvalue weighted by molar-refractivity contribution is 0.0784. The van der Waals surface area contributed by atoms with Gasteiger partial charge in [-0.3, -0.25) is 4.79 Å². The number of methoxy groups -OCH3 is 1. The van der Waals surface area contributed by atoms with Crippen molar-refractivity contribution < 1.29 is 9.53 Å². The van der Waals surface area contributed by atoms with Crippen LogP contribution in [0.5, 0.6) is 5.75 Å². The van der Waals surface area contributed by atoms with Gasteiger partial charge in [0.05, 0.1) is 28.3 Å². The number of carbonyl (C=O) groups excluding carboxylic acids is 1. The topological polar surface area (TPSA) is 65.4 Å². The third-order valence-electron chi connectivity index (χ3n) is 6.39. The van der Waals surface area contributed by atoms with Crippen molar-refractivity contribution in [3.63, 3.8) is 0 Å². The molecule has 0 aliphatic heterocycles. The van der Waals surface area contributed by atoms with Gasteiger partial charge in [-0.15, -0.1) is 0 Å². The Morgan fingerprint density at radius 1 is 1.03 bits per heavy atom. The molecule has 5 nitrogen and oxygen atoms in total. The highest BCUT2D eigenvalue weighted by atomic mass is 35.5. The summed E-state index contributed by atoms with van der Waals surface area (Å²) in [6.07, 6.45) is 0.751. The zero-order valence-electron chi connectivity index (χ0n) is 20.7. The van der Waals surface area contributed by atoms with E-state index in [0.717, 1.165) is 28.4 Å². The molecule has 0 aliphatic rings. The Hall–Kier alpha value is -3.72. The quantitative estimate of drug-likeness (QED) is 0.244. The van der Waals surface area contributed by atoms with Crippen molar-refractivity contribution in [2.24, 2.45) is 0 Å². The van der Waals surface area contributed by atoms with Gasteiger partial charge in [-0.05, 0) is 53.1 Å². The number of likely N-dealkylation sites (N-methyl/N-ethyl adjacent to an activating group) is 1. The second-order valence-corrected chi connectivity index (χ2v) is 9.62. The minimum absolute atomic E-state index is 0.0173. The summed E-state index contributed by atoms with van der Waals surface area (Å²) < 4.78 is 5.57. The molecule has 0 saturated carbocycles. The summed E-state index contributed by atoms with van der Waals surface area (Å²) in [7, 11) is 3.25. The summed E-state index contributed by atoms with van der Waals surface area (Å²) in [6.45, 7) is 1.13. The molecule has 0 heterocycles. The van der Waals surface area contributed by atoms with E-state index in [1.165, 1.54) is 7.11 Å². The number of hydrogen-bond donors (Lipinski definition) is 1. The molecular formula is C30H27Cl2N3O2. The average molecular weight is 532 g/mol. The second-order valence-electron chi connectivity index (χ2n) is 8.80. The molecular weight excluding hydrogens is 505 g/mol. The van der Waals surface area contributed by atoms with Gasteiger partial charge >= 0.3 is 0 Å². The molecule has 37 heavy (non-hydrogen) atoms. The van der Waals surface area contributed by atoms with E-state index in [0.29, 0.717) is 34.3 Å². The molecule has 1 atom stereocenters. The van der Waals surface area contributed by atoms with Crippen LogP contribution >= 0.6 is 23.2 Å². The Morgan fingerprint density at radius 3 is 2.46 bits per heavy atom. The van der Waals surface area contributed by atoms with E-state index in [1.807, 2.05) is 66.7 Å². The molecule has 1 amide bonds. The predicted octanol–water partition coefficient (Wildman–Crippen LogP) is 7.38. The van der Waals surface area contributed by atoms with Crippen LogP contribution in [0.2, 0.25) is 10.0 Å². The molecule has 0 unspecified atom stereocenters. The van der Waals surface area contributed by atoms with E-state index in [9.17, 15) is 10.1 Å². The number of amides is 1. The Bertz CT molecular complexity index is 1450. The SMILES string of the molecule is COc1c(C#N)cc2ccccc2c1C(=O)N(C)C[C@@H](CCNc1ccccc1)c1ccc(Cl)c(Cl)c1.